The van der Waals surface area contributed by atoms with Gasteiger partial charge in [0.2, 0.25) is 17.6 Å². The van der Waals surface area contributed by atoms with Crippen LogP contribution in [0, 0.1) is 13.8 Å². The monoisotopic (exact) mass is 401 g/mol. The molecule has 1 aliphatic heterocycles. The number of amides is 1. The lowest BCUT2D eigenvalue weighted by atomic mass is 10.1. The number of alkyl halides is 3. The molecule has 0 bridgehead atoms. The summed E-state index contributed by atoms with van der Waals surface area (Å²) in [6, 6.07) is 10.6. The molecule has 0 aliphatic carbocycles. The molecule has 1 saturated heterocycles. The van der Waals surface area contributed by atoms with Gasteiger partial charge in [-0.25, -0.2) is 0 Å². The van der Waals surface area contributed by atoms with E-state index in [0.29, 0.717) is 6.54 Å². The number of hydrogen-bond donors (Lipinski definition) is 0. The third kappa shape index (κ3) is 3.62. The number of nitrogens with zero attached hydrogens (tertiary/aromatic N) is 3. The summed E-state index contributed by atoms with van der Waals surface area (Å²) in [5, 5.41) is 3.83. The zero-order chi connectivity index (χ0) is 20.8. The van der Waals surface area contributed by atoms with Crippen LogP contribution in [0.15, 0.2) is 47.0 Å². The first-order valence-electron chi connectivity index (χ1n) is 9.12. The van der Waals surface area contributed by atoms with Crippen molar-refractivity contribution in [1.82, 2.24) is 10.1 Å². The maximum atomic E-state index is 12.9. The van der Waals surface area contributed by atoms with E-state index in [-0.39, 0.29) is 35.5 Å². The first kappa shape index (κ1) is 19.2. The highest BCUT2D eigenvalue weighted by Crippen LogP contribution is 2.36. The van der Waals surface area contributed by atoms with E-state index in [1.807, 2.05) is 32.0 Å². The van der Waals surface area contributed by atoms with E-state index in [4.69, 9.17) is 4.52 Å². The van der Waals surface area contributed by atoms with Crippen molar-refractivity contribution in [3.05, 3.63) is 65.0 Å². The van der Waals surface area contributed by atoms with Gasteiger partial charge in [0.05, 0.1) is 11.5 Å². The zero-order valence-electron chi connectivity index (χ0n) is 15.8. The van der Waals surface area contributed by atoms with Crippen LogP contribution in [-0.2, 0) is 11.0 Å². The van der Waals surface area contributed by atoms with Crippen molar-refractivity contribution >= 4 is 11.6 Å². The van der Waals surface area contributed by atoms with Gasteiger partial charge >= 0.3 is 6.18 Å². The summed E-state index contributed by atoms with van der Waals surface area (Å²) >= 11 is 0. The summed E-state index contributed by atoms with van der Waals surface area (Å²) < 4.78 is 44.1. The van der Waals surface area contributed by atoms with Crippen molar-refractivity contribution in [2.75, 3.05) is 11.4 Å². The summed E-state index contributed by atoms with van der Waals surface area (Å²) in [5.74, 6) is -0.0386. The van der Waals surface area contributed by atoms with E-state index in [9.17, 15) is 18.0 Å². The largest absolute Gasteiger partial charge is 0.416 e. The number of benzene rings is 2. The van der Waals surface area contributed by atoms with Crippen molar-refractivity contribution < 1.29 is 22.5 Å². The molecule has 1 fully saturated rings. The summed E-state index contributed by atoms with van der Waals surface area (Å²) in [7, 11) is 0. The van der Waals surface area contributed by atoms with Gasteiger partial charge in [-0.05, 0) is 37.1 Å². The Labute approximate surface area is 165 Å². The van der Waals surface area contributed by atoms with Crippen LogP contribution in [0.1, 0.15) is 34.9 Å². The number of aryl methyl sites for hydroxylation is 2. The Hall–Kier alpha value is -3.16. The van der Waals surface area contributed by atoms with Gasteiger partial charge in [0, 0.05) is 24.2 Å². The Kier molecular flexibility index (Phi) is 4.64. The minimum atomic E-state index is -4.45. The molecule has 1 atom stereocenters. The Morgan fingerprint density at radius 3 is 2.48 bits per heavy atom. The second-order valence-electron chi connectivity index (χ2n) is 7.18. The van der Waals surface area contributed by atoms with Crippen LogP contribution in [0.3, 0.4) is 0 Å². The highest BCUT2D eigenvalue weighted by Gasteiger charge is 2.36. The average Bonchev–Trinajstić information content (AvgIpc) is 3.29. The maximum absolute atomic E-state index is 12.9. The Balaban J connectivity index is 1.59. The maximum Gasteiger partial charge on any atom is 0.416 e. The molecule has 1 unspecified atom stereocenters. The SMILES string of the molecule is Cc1cccc(C)c1N1CC(c2nc(-c3cccc(C(F)(F)F)c3)no2)CC1=O. The van der Waals surface area contributed by atoms with E-state index in [2.05, 4.69) is 10.1 Å². The van der Waals surface area contributed by atoms with Crippen LogP contribution in [0.4, 0.5) is 18.9 Å². The molecular formula is C21H18F3N3O2. The summed E-state index contributed by atoms with van der Waals surface area (Å²) in [6.07, 6.45) is -4.25. The quantitative estimate of drug-likeness (QED) is 0.627. The van der Waals surface area contributed by atoms with Crippen molar-refractivity contribution in [2.24, 2.45) is 0 Å². The molecule has 4 rings (SSSR count). The van der Waals surface area contributed by atoms with E-state index in [0.717, 1.165) is 28.9 Å². The Bertz CT molecular complexity index is 1050. The predicted molar refractivity (Wildman–Crippen MR) is 100 cm³/mol. The van der Waals surface area contributed by atoms with E-state index in [1.54, 1.807) is 4.90 Å². The molecule has 2 aromatic carbocycles. The lowest BCUT2D eigenvalue weighted by molar-refractivity contribution is -0.137. The second kappa shape index (κ2) is 7.02. The van der Waals surface area contributed by atoms with Gasteiger partial charge in [-0.3, -0.25) is 4.79 Å². The third-order valence-corrected chi connectivity index (χ3v) is 5.07. The molecule has 29 heavy (non-hydrogen) atoms. The highest BCUT2D eigenvalue weighted by molar-refractivity contribution is 5.97. The standard InChI is InChI=1S/C21H18F3N3O2/c1-12-5-3-6-13(2)18(12)27-11-15(10-17(27)28)20-25-19(26-29-20)14-7-4-8-16(9-14)21(22,23)24/h3-9,15H,10-11H2,1-2H3. The van der Waals surface area contributed by atoms with E-state index >= 15 is 0 Å². The fourth-order valence-corrected chi connectivity index (χ4v) is 3.67. The number of rotatable bonds is 3. The molecule has 5 nitrogen and oxygen atoms in total. The molecule has 1 amide bonds. The minimum absolute atomic E-state index is 0.0498. The number of carbonyl (C=O) groups excluding carboxylic acids is 1. The fourth-order valence-electron chi connectivity index (χ4n) is 3.67. The first-order chi connectivity index (χ1) is 13.7. The molecule has 1 aliphatic rings. The second-order valence-corrected chi connectivity index (χ2v) is 7.18. The molecule has 0 N–H and O–H groups in total. The molecule has 8 heteroatoms. The average molecular weight is 401 g/mol. The lowest BCUT2D eigenvalue weighted by Gasteiger charge is -2.21. The van der Waals surface area contributed by atoms with Crippen LogP contribution in [0.5, 0.6) is 0 Å². The van der Waals surface area contributed by atoms with Crippen LogP contribution in [-0.4, -0.2) is 22.6 Å². The topological polar surface area (TPSA) is 59.2 Å². The predicted octanol–water partition coefficient (Wildman–Crippen LogP) is 4.89. The number of aromatic nitrogens is 2. The fraction of sp³-hybridized carbons (Fsp3) is 0.286. The number of hydrogen-bond acceptors (Lipinski definition) is 4. The lowest BCUT2D eigenvalue weighted by Crippen LogP contribution is -2.26. The molecule has 150 valence electrons. The summed E-state index contributed by atoms with van der Waals surface area (Å²) in [5.41, 5.74) is 2.30. The van der Waals surface area contributed by atoms with Gasteiger partial charge in [0.25, 0.3) is 0 Å². The highest BCUT2D eigenvalue weighted by atomic mass is 19.4. The van der Waals surface area contributed by atoms with Gasteiger partial charge in [-0.15, -0.1) is 0 Å². The van der Waals surface area contributed by atoms with Crippen molar-refractivity contribution in [1.29, 1.82) is 0 Å². The molecule has 0 spiro atoms. The van der Waals surface area contributed by atoms with Crippen LogP contribution in [0.25, 0.3) is 11.4 Å². The molecule has 3 aromatic rings. The molecule has 0 radical (unpaired) electrons. The Morgan fingerprint density at radius 1 is 1.10 bits per heavy atom. The van der Waals surface area contributed by atoms with Crippen LogP contribution < -0.4 is 4.90 Å². The van der Waals surface area contributed by atoms with E-state index in [1.165, 1.54) is 12.1 Å². The van der Waals surface area contributed by atoms with Crippen molar-refractivity contribution in [3.63, 3.8) is 0 Å². The Morgan fingerprint density at radius 2 is 1.79 bits per heavy atom. The van der Waals surface area contributed by atoms with Gasteiger partial charge in [-0.2, -0.15) is 18.2 Å². The number of carbonyl (C=O) groups is 1. The summed E-state index contributed by atoms with van der Waals surface area (Å²) in [6.45, 7) is 4.28. The smallest absolute Gasteiger partial charge is 0.339 e. The molecule has 2 heterocycles. The third-order valence-electron chi connectivity index (χ3n) is 5.07. The zero-order valence-corrected chi connectivity index (χ0v) is 15.8. The molecular weight excluding hydrogens is 383 g/mol. The minimum Gasteiger partial charge on any atom is -0.339 e. The van der Waals surface area contributed by atoms with Gasteiger partial charge < -0.3 is 9.42 Å². The normalized spacial score (nSPS) is 17.2. The van der Waals surface area contributed by atoms with Gasteiger partial charge in [-0.1, -0.05) is 35.5 Å². The summed E-state index contributed by atoms with van der Waals surface area (Å²) in [4.78, 5) is 18.6. The van der Waals surface area contributed by atoms with Crippen LogP contribution in [0.2, 0.25) is 0 Å². The number of anilines is 1. The van der Waals surface area contributed by atoms with Crippen molar-refractivity contribution in [3.8, 4) is 11.4 Å². The number of para-hydroxylation sites is 1. The van der Waals surface area contributed by atoms with E-state index < -0.39 is 11.7 Å². The molecule has 0 saturated carbocycles. The number of halogens is 3. The van der Waals surface area contributed by atoms with Crippen molar-refractivity contribution in [2.45, 2.75) is 32.4 Å². The molecule has 1 aromatic heterocycles. The van der Waals surface area contributed by atoms with Gasteiger partial charge in [0.15, 0.2) is 0 Å². The first-order valence-corrected chi connectivity index (χ1v) is 9.12. The van der Waals surface area contributed by atoms with Crippen LogP contribution >= 0.6 is 0 Å². The van der Waals surface area contributed by atoms with Gasteiger partial charge in [0.1, 0.15) is 0 Å².